The van der Waals surface area contributed by atoms with Crippen molar-refractivity contribution in [2.45, 2.75) is 40.0 Å². The van der Waals surface area contributed by atoms with Gasteiger partial charge in [-0.1, -0.05) is 31.0 Å². The Bertz CT molecular complexity index is 664. The van der Waals surface area contributed by atoms with Crippen LogP contribution in [0.1, 0.15) is 44.8 Å². The molecule has 0 aliphatic carbocycles. The molecule has 1 N–H and O–H groups in total. The van der Waals surface area contributed by atoms with E-state index < -0.39 is 5.97 Å². The number of carboxylic acid groups (broad SMARTS) is 1. The number of nitrogens with zero attached hydrogens (tertiary/aromatic N) is 1. The normalized spacial score (nSPS) is 10.7. The van der Waals surface area contributed by atoms with Crippen molar-refractivity contribution < 1.29 is 14.6 Å². The highest BCUT2D eigenvalue weighted by atomic mass is 32.1. The fraction of sp³-hybridized carbons (Fsp3) is 0.412. The summed E-state index contributed by atoms with van der Waals surface area (Å²) in [6.45, 7) is 6.60. The van der Waals surface area contributed by atoms with Crippen LogP contribution in [-0.4, -0.2) is 22.7 Å². The zero-order chi connectivity index (χ0) is 16.1. The molecule has 2 rings (SSSR count). The summed E-state index contributed by atoms with van der Waals surface area (Å²) in [5.74, 6) is -0.0168. The molecule has 1 aromatic carbocycles. The summed E-state index contributed by atoms with van der Waals surface area (Å²) in [7, 11) is 0. The van der Waals surface area contributed by atoms with E-state index in [0.717, 1.165) is 22.7 Å². The van der Waals surface area contributed by atoms with Gasteiger partial charge in [-0.2, -0.15) is 0 Å². The zero-order valence-electron chi connectivity index (χ0n) is 13.2. The Morgan fingerprint density at radius 3 is 2.73 bits per heavy atom. The molecule has 0 spiro atoms. The smallest absolute Gasteiger partial charge is 0.347 e. The second-order valence-electron chi connectivity index (χ2n) is 5.31. The fourth-order valence-electron chi connectivity index (χ4n) is 2.29. The van der Waals surface area contributed by atoms with E-state index >= 15 is 0 Å². The Balaban J connectivity index is 1.99. The van der Waals surface area contributed by atoms with Crippen LogP contribution >= 0.6 is 11.3 Å². The largest absolute Gasteiger partial charge is 0.493 e. The average Bonchev–Trinajstić information content (AvgIpc) is 2.85. The number of thiazole rings is 1. The standard InChI is InChI=1S/C17H21NO3S/c1-4-5-13-16(17(19)20)22-15(18-13)8-9-21-14-7-6-11(2)10-12(14)3/h6-7,10H,4-5,8-9H2,1-3H3,(H,19,20). The monoisotopic (exact) mass is 319 g/mol. The third-order valence-corrected chi connectivity index (χ3v) is 4.47. The van der Waals surface area contributed by atoms with Crippen molar-refractivity contribution in [3.63, 3.8) is 0 Å². The molecule has 0 unspecified atom stereocenters. The molecule has 118 valence electrons. The maximum Gasteiger partial charge on any atom is 0.347 e. The fourth-order valence-corrected chi connectivity index (χ4v) is 3.22. The van der Waals surface area contributed by atoms with Gasteiger partial charge in [0.15, 0.2) is 0 Å². The number of ether oxygens (including phenoxy) is 1. The van der Waals surface area contributed by atoms with Gasteiger partial charge in [0.25, 0.3) is 0 Å². The Labute approximate surface area is 134 Å². The molecule has 2 aromatic rings. The van der Waals surface area contributed by atoms with Gasteiger partial charge in [0.05, 0.1) is 17.3 Å². The molecule has 0 aliphatic rings. The predicted octanol–water partition coefficient (Wildman–Crippen LogP) is 4.03. The first-order valence-electron chi connectivity index (χ1n) is 7.43. The van der Waals surface area contributed by atoms with Crippen LogP contribution in [0, 0.1) is 13.8 Å². The van der Waals surface area contributed by atoms with E-state index in [1.54, 1.807) is 0 Å². The van der Waals surface area contributed by atoms with Crippen molar-refractivity contribution in [1.82, 2.24) is 4.98 Å². The lowest BCUT2D eigenvalue weighted by atomic mass is 10.1. The summed E-state index contributed by atoms with van der Waals surface area (Å²) in [6.07, 6.45) is 2.22. The molecule has 1 aromatic heterocycles. The molecule has 0 fully saturated rings. The van der Waals surface area contributed by atoms with Crippen LogP contribution in [0.3, 0.4) is 0 Å². The van der Waals surface area contributed by atoms with Gasteiger partial charge in [-0.05, 0) is 31.9 Å². The number of aromatic carboxylic acids is 1. The van der Waals surface area contributed by atoms with E-state index in [9.17, 15) is 9.90 Å². The quantitative estimate of drug-likeness (QED) is 0.837. The second kappa shape index (κ2) is 7.40. The van der Waals surface area contributed by atoms with Crippen LogP contribution in [0.5, 0.6) is 5.75 Å². The first-order chi connectivity index (χ1) is 10.5. The molecular formula is C17H21NO3S. The number of carbonyl (C=O) groups is 1. The summed E-state index contributed by atoms with van der Waals surface area (Å²) in [5, 5.41) is 10.0. The predicted molar refractivity (Wildman–Crippen MR) is 88.2 cm³/mol. The van der Waals surface area contributed by atoms with Crippen LogP contribution in [0.25, 0.3) is 0 Å². The first-order valence-corrected chi connectivity index (χ1v) is 8.24. The van der Waals surface area contributed by atoms with Crippen molar-refractivity contribution in [1.29, 1.82) is 0 Å². The molecule has 0 amide bonds. The highest BCUT2D eigenvalue weighted by Gasteiger charge is 2.16. The van der Waals surface area contributed by atoms with Crippen molar-refractivity contribution in [2.75, 3.05) is 6.61 Å². The van der Waals surface area contributed by atoms with Crippen molar-refractivity contribution in [3.8, 4) is 5.75 Å². The molecule has 1 heterocycles. The van der Waals surface area contributed by atoms with Crippen molar-refractivity contribution >= 4 is 17.3 Å². The minimum atomic E-state index is -0.887. The highest BCUT2D eigenvalue weighted by molar-refractivity contribution is 7.13. The topological polar surface area (TPSA) is 59.4 Å². The lowest BCUT2D eigenvalue weighted by Crippen LogP contribution is -2.02. The van der Waals surface area contributed by atoms with Crippen LogP contribution in [0.2, 0.25) is 0 Å². The molecule has 0 aliphatic heterocycles. The molecule has 22 heavy (non-hydrogen) atoms. The summed E-state index contributed by atoms with van der Waals surface area (Å²) < 4.78 is 5.78. The zero-order valence-corrected chi connectivity index (χ0v) is 14.0. The first kappa shape index (κ1) is 16.5. The van der Waals surface area contributed by atoms with Crippen LogP contribution in [0.15, 0.2) is 18.2 Å². The lowest BCUT2D eigenvalue weighted by Gasteiger charge is -2.08. The third-order valence-electron chi connectivity index (χ3n) is 3.33. The summed E-state index contributed by atoms with van der Waals surface area (Å²) in [5.41, 5.74) is 3.01. The summed E-state index contributed by atoms with van der Waals surface area (Å²) >= 11 is 1.26. The van der Waals surface area contributed by atoms with E-state index in [0.29, 0.717) is 30.0 Å². The Morgan fingerprint density at radius 2 is 2.09 bits per heavy atom. The Hall–Kier alpha value is -1.88. The SMILES string of the molecule is CCCc1nc(CCOc2ccc(C)cc2C)sc1C(=O)O. The maximum atomic E-state index is 11.2. The highest BCUT2D eigenvalue weighted by Crippen LogP contribution is 2.22. The number of aromatic nitrogens is 1. The molecular weight excluding hydrogens is 298 g/mol. The van der Waals surface area contributed by atoms with E-state index in [4.69, 9.17) is 4.74 Å². The van der Waals surface area contributed by atoms with Gasteiger partial charge < -0.3 is 9.84 Å². The minimum absolute atomic E-state index is 0.364. The molecule has 4 nitrogen and oxygen atoms in total. The molecule has 0 radical (unpaired) electrons. The molecule has 5 heteroatoms. The van der Waals surface area contributed by atoms with E-state index in [1.807, 2.05) is 26.0 Å². The number of rotatable bonds is 7. The number of carboxylic acids is 1. The van der Waals surface area contributed by atoms with Crippen molar-refractivity contribution in [3.05, 3.63) is 44.9 Å². The van der Waals surface area contributed by atoms with Crippen LogP contribution < -0.4 is 4.74 Å². The van der Waals surface area contributed by atoms with Crippen molar-refractivity contribution in [2.24, 2.45) is 0 Å². The number of hydrogen-bond donors (Lipinski definition) is 1. The van der Waals surface area contributed by atoms with E-state index in [2.05, 4.69) is 18.0 Å². The molecule has 0 bridgehead atoms. The summed E-state index contributed by atoms with van der Waals surface area (Å²) in [4.78, 5) is 16.0. The Morgan fingerprint density at radius 1 is 1.32 bits per heavy atom. The number of aryl methyl sites for hydroxylation is 3. The van der Waals surface area contributed by atoms with Gasteiger partial charge in [-0.3, -0.25) is 0 Å². The minimum Gasteiger partial charge on any atom is -0.493 e. The Kier molecular flexibility index (Phi) is 5.55. The second-order valence-corrected chi connectivity index (χ2v) is 6.39. The molecule has 0 saturated heterocycles. The van der Waals surface area contributed by atoms with Gasteiger partial charge in [0, 0.05) is 6.42 Å². The lowest BCUT2D eigenvalue weighted by molar-refractivity contribution is 0.0700. The van der Waals surface area contributed by atoms with Gasteiger partial charge in [0.1, 0.15) is 10.6 Å². The van der Waals surface area contributed by atoms with Crippen LogP contribution in [0.4, 0.5) is 0 Å². The number of benzene rings is 1. The third kappa shape index (κ3) is 4.07. The maximum absolute atomic E-state index is 11.2. The van der Waals surface area contributed by atoms with Gasteiger partial charge in [-0.25, -0.2) is 9.78 Å². The average molecular weight is 319 g/mol. The van der Waals surface area contributed by atoms with Gasteiger partial charge in [-0.15, -0.1) is 11.3 Å². The molecule has 0 atom stereocenters. The van der Waals surface area contributed by atoms with E-state index in [1.165, 1.54) is 16.9 Å². The number of hydrogen-bond acceptors (Lipinski definition) is 4. The van der Waals surface area contributed by atoms with Gasteiger partial charge >= 0.3 is 5.97 Å². The van der Waals surface area contributed by atoms with Gasteiger partial charge in [0.2, 0.25) is 0 Å². The summed E-state index contributed by atoms with van der Waals surface area (Å²) in [6, 6.07) is 6.08. The molecule has 0 saturated carbocycles. The van der Waals surface area contributed by atoms with Crippen LogP contribution in [-0.2, 0) is 12.8 Å². The van der Waals surface area contributed by atoms with E-state index in [-0.39, 0.29) is 0 Å².